The van der Waals surface area contributed by atoms with Crippen molar-refractivity contribution in [1.29, 1.82) is 0 Å². The van der Waals surface area contributed by atoms with Crippen LogP contribution in [0.1, 0.15) is 125 Å². The predicted molar refractivity (Wildman–Crippen MR) is 140 cm³/mol. The van der Waals surface area contributed by atoms with Gasteiger partial charge >= 0.3 is 0 Å². The quantitative estimate of drug-likeness (QED) is 0.330. The van der Waals surface area contributed by atoms with Crippen LogP contribution in [-0.2, 0) is 4.79 Å². The van der Waals surface area contributed by atoms with Gasteiger partial charge in [0.2, 0.25) is 0 Å². The minimum absolute atomic E-state index is 0.515. The van der Waals surface area contributed by atoms with E-state index in [-0.39, 0.29) is 0 Å². The Kier molecular flexibility index (Phi) is 8.35. The molecule has 2 heteroatoms. The first-order chi connectivity index (χ1) is 15.8. The van der Waals surface area contributed by atoms with Gasteiger partial charge in [0.1, 0.15) is 5.78 Å². The van der Waals surface area contributed by atoms with Crippen LogP contribution in [-0.4, -0.2) is 30.3 Å². The molecule has 4 rings (SSSR count). The molecular weight excluding hydrogens is 402 g/mol. The molecule has 0 heterocycles. The van der Waals surface area contributed by atoms with Crippen LogP contribution in [0.4, 0.5) is 0 Å². The number of rotatable bonds is 10. The maximum atomic E-state index is 12.6. The van der Waals surface area contributed by atoms with Gasteiger partial charge in [0.05, 0.1) is 0 Å². The number of nitrogens with zero attached hydrogens (tertiary/aromatic N) is 1. The molecule has 0 bridgehead atoms. The number of Topliss-reactive ketones (excluding diaryl/α,β-unsaturated/α-hetero) is 1. The highest BCUT2D eigenvalue weighted by molar-refractivity contribution is 5.78. The normalized spacial score (nSPS) is 41.3. The molecule has 4 saturated carbocycles. The maximum Gasteiger partial charge on any atom is 0.132 e. The van der Waals surface area contributed by atoms with Crippen LogP contribution in [0.5, 0.6) is 0 Å². The zero-order valence-corrected chi connectivity index (χ0v) is 22.8. The summed E-state index contributed by atoms with van der Waals surface area (Å²) in [7, 11) is 0. The summed E-state index contributed by atoms with van der Waals surface area (Å²) in [6.45, 7) is 15.6. The molecule has 0 aliphatic heterocycles. The van der Waals surface area contributed by atoms with E-state index in [1.807, 2.05) is 0 Å². The number of carbonyl (C=O) groups is 1. The molecule has 0 aromatic carbocycles. The second-order valence-electron chi connectivity index (χ2n) is 13.3. The highest BCUT2D eigenvalue weighted by atomic mass is 16.1. The van der Waals surface area contributed by atoms with Gasteiger partial charge in [0.25, 0.3) is 0 Å². The van der Waals surface area contributed by atoms with Crippen LogP contribution in [0.15, 0.2) is 0 Å². The molecule has 8 atom stereocenters. The molecule has 190 valence electrons. The Bertz CT molecular complexity index is 655. The summed E-state index contributed by atoms with van der Waals surface area (Å²) >= 11 is 0. The fraction of sp³-hybridized carbons (Fsp3) is 0.968. The van der Waals surface area contributed by atoms with Gasteiger partial charge in [0, 0.05) is 12.8 Å². The van der Waals surface area contributed by atoms with Crippen molar-refractivity contribution in [2.75, 3.05) is 19.6 Å². The van der Waals surface area contributed by atoms with Crippen LogP contribution >= 0.6 is 0 Å². The lowest BCUT2D eigenvalue weighted by Crippen LogP contribution is -2.53. The number of carbonyl (C=O) groups excluding carboxylic acids is 1. The van der Waals surface area contributed by atoms with Crippen molar-refractivity contribution < 1.29 is 4.79 Å². The summed E-state index contributed by atoms with van der Waals surface area (Å²) in [6, 6.07) is 0. The molecule has 0 spiro atoms. The van der Waals surface area contributed by atoms with Gasteiger partial charge in [-0.1, -0.05) is 47.5 Å². The Balaban J connectivity index is 1.31. The van der Waals surface area contributed by atoms with E-state index >= 15 is 0 Å². The zero-order valence-electron chi connectivity index (χ0n) is 22.8. The third-order valence-corrected chi connectivity index (χ3v) is 12.0. The molecule has 1 unspecified atom stereocenters. The largest absolute Gasteiger partial charge is 0.304 e. The maximum absolute atomic E-state index is 12.6. The van der Waals surface area contributed by atoms with E-state index in [9.17, 15) is 4.79 Å². The second kappa shape index (κ2) is 10.7. The van der Waals surface area contributed by atoms with Crippen molar-refractivity contribution >= 4 is 5.78 Å². The van der Waals surface area contributed by atoms with Crippen LogP contribution in [0, 0.1) is 46.3 Å². The molecular formula is C31H55NO. The molecule has 0 saturated heterocycles. The van der Waals surface area contributed by atoms with E-state index in [2.05, 4.69) is 39.5 Å². The first-order valence-electron chi connectivity index (χ1n) is 15.1. The summed E-state index contributed by atoms with van der Waals surface area (Å²) in [5, 5.41) is 0. The molecule has 2 nitrogen and oxygen atoms in total. The molecule has 0 aromatic rings. The molecule has 0 radical (unpaired) electrons. The summed E-state index contributed by atoms with van der Waals surface area (Å²) in [6.07, 6.45) is 18.7. The Morgan fingerprint density at radius 1 is 0.879 bits per heavy atom. The average molecular weight is 458 g/mol. The molecule has 4 aliphatic rings. The van der Waals surface area contributed by atoms with Crippen LogP contribution in [0.2, 0.25) is 0 Å². The Labute approximate surface area is 206 Å². The first-order valence-corrected chi connectivity index (χ1v) is 15.1. The lowest BCUT2D eigenvalue weighted by molar-refractivity contribution is -0.120. The van der Waals surface area contributed by atoms with Crippen molar-refractivity contribution in [3.8, 4) is 0 Å². The third kappa shape index (κ3) is 4.99. The van der Waals surface area contributed by atoms with E-state index in [4.69, 9.17) is 0 Å². The van der Waals surface area contributed by atoms with E-state index in [1.165, 1.54) is 64.2 Å². The topological polar surface area (TPSA) is 20.3 Å². The molecule has 0 amide bonds. The lowest BCUT2D eigenvalue weighted by atomic mass is 9.44. The van der Waals surface area contributed by atoms with Gasteiger partial charge in [-0.15, -0.1) is 0 Å². The van der Waals surface area contributed by atoms with Crippen LogP contribution in [0.3, 0.4) is 0 Å². The Morgan fingerprint density at radius 3 is 2.39 bits per heavy atom. The van der Waals surface area contributed by atoms with Gasteiger partial charge < -0.3 is 4.90 Å². The summed E-state index contributed by atoms with van der Waals surface area (Å²) in [5.41, 5.74) is 1.20. The van der Waals surface area contributed by atoms with Crippen molar-refractivity contribution in [2.45, 2.75) is 125 Å². The van der Waals surface area contributed by atoms with Crippen molar-refractivity contribution in [3.63, 3.8) is 0 Å². The smallest absolute Gasteiger partial charge is 0.132 e. The third-order valence-electron chi connectivity index (χ3n) is 12.0. The Morgan fingerprint density at radius 2 is 1.64 bits per heavy atom. The van der Waals surface area contributed by atoms with Gasteiger partial charge in [-0.2, -0.15) is 0 Å². The molecule has 4 fully saturated rings. The molecule has 0 aromatic heterocycles. The van der Waals surface area contributed by atoms with Crippen molar-refractivity contribution in [1.82, 2.24) is 4.90 Å². The minimum Gasteiger partial charge on any atom is -0.304 e. The van der Waals surface area contributed by atoms with Gasteiger partial charge in [0.15, 0.2) is 0 Å². The fourth-order valence-corrected chi connectivity index (χ4v) is 10.0. The number of hydrogen-bond acceptors (Lipinski definition) is 2. The number of fused-ring (bicyclic) bond motifs is 5. The second-order valence-corrected chi connectivity index (χ2v) is 13.3. The van der Waals surface area contributed by atoms with Gasteiger partial charge in [-0.05, 0) is 130 Å². The van der Waals surface area contributed by atoms with E-state index in [0.717, 1.165) is 74.9 Å². The number of ketones is 1. The zero-order chi connectivity index (χ0) is 23.6. The number of hydrogen-bond donors (Lipinski definition) is 0. The van der Waals surface area contributed by atoms with Gasteiger partial charge in [-0.3, -0.25) is 4.79 Å². The van der Waals surface area contributed by atoms with Gasteiger partial charge in [-0.25, -0.2) is 0 Å². The van der Waals surface area contributed by atoms with Crippen LogP contribution in [0.25, 0.3) is 0 Å². The highest BCUT2D eigenvalue weighted by Crippen LogP contribution is 2.68. The predicted octanol–water partition coefficient (Wildman–Crippen LogP) is 8.14. The molecule has 33 heavy (non-hydrogen) atoms. The summed E-state index contributed by atoms with van der Waals surface area (Å²) in [5.74, 6) is 6.08. The van der Waals surface area contributed by atoms with E-state index in [0.29, 0.717) is 22.5 Å². The highest BCUT2D eigenvalue weighted by Gasteiger charge is 2.60. The first kappa shape index (κ1) is 25.7. The van der Waals surface area contributed by atoms with Crippen molar-refractivity contribution in [3.05, 3.63) is 0 Å². The van der Waals surface area contributed by atoms with E-state index in [1.54, 1.807) is 0 Å². The summed E-state index contributed by atoms with van der Waals surface area (Å²) in [4.78, 5) is 15.1. The fourth-order valence-electron chi connectivity index (χ4n) is 10.0. The Hall–Kier alpha value is -0.370. The standard InChI is InChI=1S/C31H55NO/c1-6-32(7-2)22-10-12-25(33)15-13-23(3)27-17-18-28-26-16-14-24-11-8-9-20-30(24,4)29(26)19-21-31(27,28)5/h23-24,26-29H,6-22H2,1-5H3/t23-,24?,26+,27-,28+,29+,30+,31-/m1/s1. The molecule has 0 N–H and O–H groups in total. The average Bonchev–Trinajstić information content (AvgIpc) is 3.17. The van der Waals surface area contributed by atoms with Crippen LogP contribution < -0.4 is 0 Å². The minimum atomic E-state index is 0.515. The van der Waals surface area contributed by atoms with E-state index < -0.39 is 0 Å². The lowest BCUT2D eigenvalue weighted by Gasteiger charge is -2.61. The van der Waals surface area contributed by atoms with Crippen molar-refractivity contribution in [2.24, 2.45) is 46.3 Å². The summed E-state index contributed by atoms with van der Waals surface area (Å²) < 4.78 is 0. The molecule has 4 aliphatic carbocycles. The SMILES string of the molecule is CCN(CC)CCCC(=O)CC[C@@H](C)[C@H]1CC[C@H]2[C@@H]3CCC4CCCC[C@]4(C)[C@H]3CC[C@]12C. The monoisotopic (exact) mass is 457 g/mol.